The lowest BCUT2D eigenvalue weighted by Gasteiger charge is -2.16. The van der Waals surface area contributed by atoms with E-state index in [2.05, 4.69) is 38.2 Å². The molecule has 2 aromatic rings. The van der Waals surface area contributed by atoms with Crippen LogP contribution in [-0.2, 0) is 4.79 Å². The molecule has 0 heterocycles. The molecule has 1 N–H and O–H groups in total. The fourth-order valence-electron chi connectivity index (χ4n) is 2.62. The number of carbonyl (C=O) groups excluding carboxylic acids is 2. The minimum Gasteiger partial charge on any atom is -0.325 e. The van der Waals surface area contributed by atoms with Gasteiger partial charge < -0.3 is 5.32 Å². The van der Waals surface area contributed by atoms with E-state index in [1.165, 1.54) is 23.6 Å². The first-order valence-corrected chi connectivity index (χ1v) is 8.82. The predicted octanol–water partition coefficient (Wildman–Crippen LogP) is 4.93. The number of carbonyl (C=O) groups is 2. The molecular weight excluding hydrogens is 318 g/mol. The summed E-state index contributed by atoms with van der Waals surface area (Å²) in [4.78, 5) is 24.9. The lowest BCUT2D eigenvalue weighted by atomic mass is 10.1. The van der Waals surface area contributed by atoms with Gasteiger partial charge in [-0.15, -0.1) is 11.8 Å². The van der Waals surface area contributed by atoms with E-state index in [0.717, 1.165) is 4.90 Å². The Morgan fingerprint density at radius 3 is 2.04 bits per heavy atom. The van der Waals surface area contributed by atoms with Crippen LogP contribution in [0, 0.1) is 20.8 Å². The van der Waals surface area contributed by atoms with Crippen molar-refractivity contribution in [2.75, 3.05) is 5.32 Å². The maximum Gasteiger partial charge on any atom is 0.237 e. The van der Waals surface area contributed by atoms with Gasteiger partial charge in [-0.1, -0.05) is 17.7 Å². The molecule has 2 aromatic carbocycles. The van der Waals surface area contributed by atoms with E-state index in [9.17, 15) is 9.59 Å². The molecule has 24 heavy (non-hydrogen) atoms. The molecule has 0 aliphatic carbocycles. The Balaban J connectivity index is 2.06. The van der Waals surface area contributed by atoms with Crippen LogP contribution in [0.1, 0.15) is 40.9 Å². The Kier molecular flexibility index (Phi) is 5.84. The monoisotopic (exact) mass is 341 g/mol. The van der Waals surface area contributed by atoms with Gasteiger partial charge in [-0.05, 0) is 70.0 Å². The first kappa shape index (κ1) is 18.3. The summed E-state index contributed by atoms with van der Waals surface area (Å²) in [5, 5.41) is 2.70. The third kappa shape index (κ3) is 4.48. The van der Waals surface area contributed by atoms with Crippen molar-refractivity contribution in [3.8, 4) is 0 Å². The Bertz CT molecular complexity index is 743. The van der Waals surface area contributed by atoms with Gasteiger partial charge in [-0.2, -0.15) is 0 Å². The largest absolute Gasteiger partial charge is 0.325 e. The fraction of sp³-hybridized carbons (Fsp3) is 0.300. The van der Waals surface area contributed by atoms with Crippen molar-refractivity contribution in [2.45, 2.75) is 44.8 Å². The van der Waals surface area contributed by atoms with Crippen LogP contribution < -0.4 is 5.32 Å². The summed E-state index contributed by atoms with van der Waals surface area (Å²) >= 11 is 1.57. The second-order valence-corrected chi connectivity index (χ2v) is 7.46. The molecule has 0 radical (unpaired) electrons. The number of nitrogens with one attached hydrogen (secondary N) is 1. The Hall–Kier alpha value is -2.07. The van der Waals surface area contributed by atoms with Crippen LogP contribution in [0.2, 0.25) is 0 Å². The van der Waals surface area contributed by atoms with Crippen molar-refractivity contribution in [3.63, 3.8) is 0 Å². The fourth-order valence-corrected chi connectivity index (χ4v) is 3.62. The molecule has 0 bridgehead atoms. The van der Waals surface area contributed by atoms with E-state index in [4.69, 9.17) is 0 Å². The highest BCUT2D eigenvalue weighted by Crippen LogP contribution is 2.31. The Morgan fingerprint density at radius 2 is 1.54 bits per heavy atom. The molecule has 1 amide bonds. The normalized spacial score (nSPS) is 11.9. The molecule has 0 saturated carbocycles. The minimum atomic E-state index is -0.211. The summed E-state index contributed by atoms with van der Waals surface area (Å²) < 4.78 is 0. The van der Waals surface area contributed by atoms with Crippen molar-refractivity contribution in [3.05, 3.63) is 58.7 Å². The van der Waals surface area contributed by atoms with Crippen molar-refractivity contribution in [1.29, 1.82) is 0 Å². The van der Waals surface area contributed by atoms with Gasteiger partial charge >= 0.3 is 0 Å². The average molecular weight is 341 g/mol. The molecule has 0 aliphatic rings. The third-order valence-corrected chi connectivity index (χ3v) is 5.27. The van der Waals surface area contributed by atoms with Crippen LogP contribution in [0.4, 0.5) is 5.69 Å². The number of ketones is 1. The zero-order chi connectivity index (χ0) is 17.9. The first-order valence-electron chi connectivity index (χ1n) is 7.94. The van der Waals surface area contributed by atoms with Gasteiger partial charge in [0.05, 0.1) is 5.25 Å². The molecule has 0 fully saturated rings. The standard InChI is InChI=1S/C20H23NO2S/c1-12-10-13(2)19(14(3)11-12)24-16(5)20(23)21-18-8-6-17(7-9-18)15(4)22/h6-11,16H,1-5H3,(H,21,23)/t16-/m1/s1. The summed E-state index contributed by atoms with van der Waals surface area (Å²) in [5.74, 6) is -0.0305. The van der Waals surface area contributed by atoms with Gasteiger partial charge in [-0.3, -0.25) is 9.59 Å². The van der Waals surface area contributed by atoms with Gasteiger partial charge in [0, 0.05) is 16.1 Å². The molecule has 0 unspecified atom stereocenters. The number of hydrogen-bond acceptors (Lipinski definition) is 3. The van der Waals surface area contributed by atoms with Gasteiger partial charge in [0.1, 0.15) is 0 Å². The van der Waals surface area contributed by atoms with Crippen LogP contribution >= 0.6 is 11.8 Å². The molecule has 2 rings (SSSR count). The van der Waals surface area contributed by atoms with Crippen LogP contribution in [0.3, 0.4) is 0 Å². The maximum atomic E-state index is 12.4. The van der Waals surface area contributed by atoms with E-state index in [1.54, 1.807) is 36.0 Å². The minimum absolute atomic E-state index is 0.0159. The number of amides is 1. The van der Waals surface area contributed by atoms with Crippen molar-refractivity contribution in [1.82, 2.24) is 0 Å². The molecule has 3 nitrogen and oxygen atoms in total. The second-order valence-electron chi connectivity index (χ2n) is 6.11. The molecular formula is C20H23NO2S. The van der Waals surface area contributed by atoms with Crippen LogP contribution in [0.25, 0.3) is 0 Å². The van der Waals surface area contributed by atoms with Gasteiger partial charge in [0.2, 0.25) is 5.91 Å². The van der Waals surface area contributed by atoms with Crippen LogP contribution in [0.15, 0.2) is 41.3 Å². The van der Waals surface area contributed by atoms with Crippen LogP contribution in [-0.4, -0.2) is 16.9 Å². The highest BCUT2D eigenvalue weighted by atomic mass is 32.2. The summed E-state index contributed by atoms with van der Waals surface area (Å²) in [6, 6.07) is 11.2. The molecule has 0 spiro atoms. The number of aryl methyl sites for hydroxylation is 3. The summed E-state index contributed by atoms with van der Waals surface area (Å²) in [6.45, 7) is 9.66. The van der Waals surface area contributed by atoms with E-state index in [0.29, 0.717) is 11.3 Å². The molecule has 0 saturated heterocycles. The quantitative estimate of drug-likeness (QED) is 0.619. The number of hydrogen-bond donors (Lipinski definition) is 1. The lowest BCUT2D eigenvalue weighted by Crippen LogP contribution is -2.22. The van der Waals surface area contributed by atoms with E-state index < -0.39 is 0 Å². The number of benzene rings is 2. The SMILES string of the molecule is CC(=O)c1ccc(NC(=O)[C@@H](C)Sc2c(C)cc(C)cc2C)cc1. The third-order valence-electron chi connectivity index (χ3n) is 3.83. The highest BCUT2D eigenvalue weighted by molar-refractivity contribution is 8.00. The topological polar surface area (TPSA) is 46.2 Å². The van der Waals surface area contributed by atoms with Gasteiger partial charge in [-0.25, -0.2) is 0 Å². The highest BCUT2D eigenvalue weighted by Gasteiger charge is 2.17. The van der Waals surface area contributed by atoms with E-state index in [1.807, 2.05) is 6.92 Å². The van der Waals surface area contributed by atoms with Gasteiger partial charge in [0.15, 0.2) is 5.78 Å². The molecule has 0 aliphatic heterocycles. The Labute approximate surface area is 147 Å². The van der Waals surface area contributed by atoms with Crippen molar-refractivity contribution in [2.24, 2.45) is 0 Å². The lowest BCUT2D eigenvalue weighted by molar-refractivity contribution is -0.115. The number of rotatable bonds is 5. The number of anilines is 1. The average Bonchev–Trinajstić information content (AvgIpc) is 2.51. The Morgan fingerprint density at radius 1 is 1.00 bits per heavy atom. The smallest absolute Gasteiger partial charge is 0.237 e. The molecule has 1 atom stereocenters. The zero-order valence-corrected chi connectivity index (χ0v) is 15.6. The molecule has 126 valence electrons. The summed E-state index contributed by atoms with van der Waals surface area (Å²) in [6.07, 6.45) is 0. The first-order chi connectivity index (χ1) is 11.3. The van der Waals surface area contributed by atoms with Crippen molar-refractivity contribution < 1.29 is 9.59 Å². The zero-order valence-electron chi connectivity index (χ0n) is 14.8. The summed E-state index contributed by atoms with van der Waals surface area (Å²) in [5.41, 5.74) is 4.97. The maximum absolute atomic E-state index is 12.4. The molecule has 4 heteroatoms. The summed E-state index contributed by atoms with van der Waals surface area (Å²) in [7, 11) is 0. The van der Waals surface area contributed by atoms with Crippen molar-refractivity contribution >= 4 is 29.1 Å². The predicted molar refractivity (Wildman–Crippen MR) is 101 cm³/mol. The van der Waals surface area contributed by atoms with E-state index >= 15 is 0 Å². The number of Topliss-reactive ketones (excluding diaryl/α,β-unsaturated/α-hetero) is 1. The van der Waals surface area contributed by atoms with E-state index in [-0.39, 0.29) is 16.9 Å². The van der Waals surface area contributed by atoms with Crippen LogP contribution in [0.5, 0.6) is 0 Å². The van der Waals surface area contributed by atoms with Gasteiger partial charge in [0.25, 0.3) is 0 Å². The number of thioether (sulfide) groups is 1. The molecule has 0 aromatic heterocycles. The second kappa shape index (κ2) is 7.67.